The van der Waals surface area contributed by atoms with Gasteiger partial charge in [-0.3, -0.25) is 4.90 Å². The number of piperidine rings is 1. The van der Waals surface area contributed by atoms with Gasteiger partial charge in [0.2, 0.25) is 0 Å². The predicted octanol–water partition coefficient (Wildman–Crippen LogP) is 2.98. The van der Waals surface area contributed by atoms with Crippen LogP contribution in [0.15, 0.2) is 0 Å². The highest BCUT2D eigenvalue weighted by Crippen LogP contribution is 2.25. The molecule has 0 amide bonds. The number of rotatable bonds is 3. The van der Waals surface area contributed by atoms with Gasteiger partial charge < -0.3 is 4.90 Å². The summed E-state index contributed by atoms with van der Waals surface area (Å²) in [6.07, 6.45) is 6.97. The van der Waals surface area contributed by atoms with Crippen LogP contribution in [0.5, 0.6) is 0 Å². The minimum absolute atomic E-state index is 0.490. The SMILES string of the molecule is CCC(C)(C)CN1CCCN2CCCCC2C1. The van der Waals surface area contributed by atoms with Crippen LogP contribution in [-0.4, -0.2) is 48.6 Å². The van der Waals surface area contributed by atoms with Crippen molar-refractivity contribution in [2.24, 2.45) is 5.41 Å². The lowest BCUT2D eigenvalue weighted by Crippen LogP contribution is -2.45. The van der Waals surface area contributed by atoms with Gasteiger partial charge in [-0.05, 0) is 50.7 Å². The Kier molecular flexibility index (Phi) is 4.48. The van der Waals surface area contributed by atoms with Crippen LogP contribution in [0.4, 0.5) is 0 Å². The third-order valence-electron chi connectivity index (χ3n) is 4.75. The molecule has 2 aliphatic rings. The molecule has 2 heterocycles. The molecular weight excluding hydrogens is 208 g/mol. The molecule has 2 rings (SSSR count). The monoisotopic (exact) mass is 238 g/mol. The van der Waals surface area contributed by atoms with Crippen molar-refractivity contribution >= 4 is 0 Å². The van der Waals surface area contributed by atoms with Gasteiger partial charge in [0.05, 0.1) is 0 Å². The Balaban J connectivity index is 1.91. The van der Waals surface area contributed by atoms with Gasteiger partial charge in [-0.25, -0.2) is 0 Å². The van der Waals surface area contributed by atoms with Crippen LogP contribution >= 0.6 is 0 Å². The second-order valence-electron chi connectivity index (χ2n) is 6.79. The summed E-state index contributed by atoms with van der Waals surface area (Å²) in [4.78, 5) is 5.49. The average Bonchev–Trinajstić information content (AvgIpc) is 2.50. The normalized spacial score (nSPS) is 28.8. The summed E-state index contributed by atoms with van der Waals surface area (Å²) in [6.45, 7) is 13.8. The fourth-order valence-corrected chi connectivity index (χ4v) is 3.31. The first kappa shape index (κ1) is 13.4. The summed E-state index contributed by atoms with van der Waals surface area (Å²) in [5, 5.41) is 0. The molecule has 2 saturated heterocycles. The van der Waals surface area contributed by atoms with Gasteiger partial charge in [0, 0.05) is 19.1 Å². The fraction of sp³-hybridized carbons (Fsp3) is 1.00. The summed E-state index contributed by atoms with van der Waals surface area (Å²) >= 11 is 0. The third-order valence-corrected chi connectivity index (χ3v) is 4.75. The molecule has 0 aliphatic carbocycles. The molecule has 0 spiro atoms. The van der Waals surface area contributed by atoms with Crippen molar-refractivity contribution in [1.82, 2.24) is 9.80 Å². The smallest absolute Gasteiger partial charge is 0.0223 e. The number of hydrogen-bond donors (Lipinski definition) is 0. The first-order chi connectivity index (χ1) is 8.11. The maximum atomic E-state index is 2.75. The maximum absolute atomic E-state index is 2.75. The van der Waals surface area contributed by atoms with E-state index in [4.69, 9.17) is 0 Å². The van der Waals surface area contributed by atoms with Crippen LogP contribution in [0.1, 0.15) is 52.9 Å². The Morgan fingerprint density at radius 1 is 1.06 bits per heavy atom. The van der Waals surface area contributed by atoms with Crippen LogP contribution in [0.3, 0.4) is 0 Å². The molecule has 0 bridgehead atoms. The standard InChI is InChI=1S/C15H30N2/c1-4-15(2,3)13-16-9-7-11-17-10-6-5-8-14(17)12-16/h14H,4-13H2,1-3H3. The first-order valence-corrected chi connectivity index (χ1v) is 7.57. The van der Waals surface area contributed by atoms with E-state index in [-0.39, 0.29) is 0 Å². The van der Waals surface area contributed by atoms with Crippen molar-refractivity contribution in [3.63, 3.8) is 0 Å². The number of fused-ring (bicyclic) bond motifs is 1. The van der Waals surface area contributed by atoms with Crippen molar-refractivity contribution in [1.29, 1.82) is 0 Å². The molecule has 0 N–H and O–H groups in total. The van der Waals surface area contributed by atoms with Crippen LogP contribution in [-0.2, 0) is 0 Å². The summed E-state index contributed by atoms with van der Waals surface area (Å²) in [6, 6.07) is 0.860. The van der Waals surface area contributed by atoms with E-state index in [0.717, 1.165) is 6.04 Å². The van der Waals surface area contributed by atoms with Crippen molar-refractivity contribution in [3.05, 3.63) is 0 Å². The van der Waals surface area contributed by atoms with E-state index in [9.17, 15) is 0 Å². The Bertz CT molecular complexity index is 237. The van der Waals surface area contributed by atoms with Crippen LogP contribution in [0, 0.1) is 5.41 Å². The minimum atomic E-state index is 0.490. The third kappa shape index (κ3) is 3.69. The van der Waals surface area contributed by atoms with Gasteiger partial charge in [0.15, 0.2) is 0 Å². The van der Waals surface area contributed by atoms with E-state index in [0.29, 0.717) is 5.41 Å². The van der Waals surface area contributed by atoms with Crippen LogP contribution in [0.2, 0.25) is 0 Å². The van der Waals surface area contributed by atoms with E-state index in [2.05, 4.69) is 30.6 Å². The summed E-state index contributed by atoms with van der Waals surface area (Å²) in [7, 11) is 0. The largest absolute Gasteiger partial charge is 0.301 e. The molecule has 100 valence electrons. The lowest BCUT2D eigenvalue weighted by atomic mass is 9.89. The fourth-order valence-electron chi connectivity index (χ4n) is 3.31. The van der Waals surface area contributed by atoms with E-state index in [1.807, 2.05) is 0 Å². The zero-order valence-corrected chi connectivity index (χ0v) is 12.0. The highest BCUT2D eigenvalue weighted by atomic mass is 15.2. The molecule has 2 heteroatoms. The van der Waals surface area contributed by atoms with E-state index < -0.39 is 0 Å². The van der Waals surface area contributed by atoms with E-state index in [1.165, 1.54) is 64.8 Å². The molecule has 0 aromatic heterocycles. The second kappa shape index (κ2) is 5.71. The molecule has 2 fully saturated rings. The van der Waals surface area contributed by atoms with E-state index in [1.54, 1.807) is 0 Å². The van der Waals surface area contributed by atoms with Gasteiger partial charge in [0.1, 0.15) is 0 Å². The van der Waals surface area contributed by atoms with Gasteiger partial charge in [-0.1, -0.05) is 27.2 Å². The molecule has 0 aromatic carbocycles. The molecular formula is C15H30N2. The minimum Gasteiger partial charge on any atom is -0.301 e. The van der Waals surface area contributed by atoms with Gasteiger partial charge in [-0.15, -0.1) is 0 Å². The maximum Gasteiger partial charge on any atom is 0.0223 e. The summed E-state index contributed by atoms with van der Waals surface area (Å²) < 4.78 is 0. The van der Waals surface area contributed by atoms with Crippen molar-refractivity contribution < 1.29 is 0 Å². The number of nitrogens with zero attached hydrogens (tertiary/aromatic N) is 2. The zero-order valence-electron chi connectivity index (χ0n) is 12.0. The zero-order chi connectivity index (χ0) is 12.3. The lowest BCUT2D eigenvalue weighted by Gasteiger charge is -2.37. The molecule has 2 nitrogen and oxygen atoms in total. The predicted molar refractivity (Wildman–Crippen MR) is 74.3 cm³/mol. The quantitative estimate of drug-likeness (QED) is 0.746. The topological polar surface area (TPSA) is 6.48 Å². The Morgan fingerprint density at radius 3 is 2.59 bits per heavy atom. The Hall–Kier alpha value is -0.0800. The van der Waals surface area contributed by atoms with E-state index >= 15 is 0 Å². The molecule has 0 radical (unpaired) electrons. The lowest BCUT2D eigenvalue weighted by molar-refractivity contribution is 0.117. The summed E-state index contributed by atoms with van der Waals surface area (Å²) in [5.41, 5.74) is 0.490. The Labute approximate surface area is 107 Å². The molecule has 1 unspecified atom stereocenters. The molecule has 2 aliphatic heterocycles. The second-order valence-corrected chi connectivity index (χ2v) is 6.79. The van der Waals surface area contributed by atoms with Crippen LogP contribution in [0.25, 0.3) is 0 Å². The van der Waals surface area contributed by atoms with Crippen LogP contribution < -0.4 is 0 Å². The van der Waals surface area contributed by atoms with Crippen molar-refractivity contribution in [2.45, 2.75) is 58.9 Å². The number of hydrogen-bond acceptors (Lipinski definition) is 2. The highest BCUT2D eigenvalue weighted by molar-refractivity contribution is 4.85. The molecule has 17 heavy (non-hydrogen) atoms. The summed E-state index contributed by atoms with van der Waals surface area (Å²) in [5.74, 6) is 0. The van der Waals surface area contributed by atoms with Gasteiger partial charge >= 0.3 is 0 Å². The first-order valence-electron chi connectivity index (χ1n) is 7.57. The Morgan fingerprint density at radius 2 is 1.82 bits per heavy atom. The average molecular weight is 238 g/mol. The van der Waals surface area contributed by atoms with Crippen molar-refractivity contribution in [3.8, 4) is 0 Å². The van der Waals surface area contributed by atoms with Crippen molar-refractivity contribution in [2.75, 3.05) is 32.7 Å². The van der Waals surface area contributed by atoms with Gasteiger partial charge in [0.25, 0.3) is 0 Å². The molecule has 0 aromatic rings. The van der Waals surface area contributed by atoms with Gasteiger partial charge in [-0.2, -0.15) is 0 Å². The molecule has 0 saturated carbocycles. The molecule has 1 atom stereocenters. The highest BCUT2D eigenvalue weighted by Gasteiger charge is 2.29.